The van der Waals surface area contributed by atoms with E-state index >= 15 is 0 Å². The number of alkyl carbamates (subject to hydrolysis) is 1. The summed E-state index contributed by atoms with van der Waals surface area (Å²) in [6.07, 6.45) is 5.62. The summed E-state index contributed by atoms with van der Waals surface area (Å²) in [5.74, 6) is -2.25. The Labute approximate surface area is 331 Å². The van der Waals surface area contributed by atoms with Crippen molar-refractivity contribution in [3.63, 3.8) is 0 Å². The maximum absolute atomic E-state index is 14.7. The Morgan fingerprint density at radius 1 is 1.02 bits per heavy atom. The van der Waals surface area contributed by atoms with E-state index in [1.54, 1.807) is 11.3 Å². The Bertz CT molecular complexity index is 2090. The molecule has 1 aromatic carbocycles. The van der Waals surface area contributed by atoms with Gasteiger partial charge in [-0.25, -0.2) is 23.2 Å². The van der Waals surface area contributed by atoms with Gasteiger partial charge in [0.15, 0.2) is 0 Å². The maximum Gasteiger partial charge on any atom is 0.408 e. The average molecular weight is 807 g/mol. The lowest BCUT2D eigenvalue weighted by Gasteiger charge is -2.35. The topological polar surface area (TPSA) is 186 Å². The van der Waals surface area contributed by atoms with Gasteiger partial charge in [-0.2, -0.15) is 0 Å². The number of sulfonamides is 1. The van der Waals surface area contributed by atoms with Crippen molar-refractivity contribution in [2.45, 2.75) is 120 Å². The van der Waals surface area contributed by atoms with Gasteiger partial charge < -0.3 is 25.0 Å². The molecule has 3 N–H and O–H groups in total. The van der Waals surface area contributed by atoms with Gasteiger partial charge in [-0.05, 0) is 86.8 Å². The molecule has 3 aromatic rings. The van der Waals surface area contributed by atoms with Gasteiger partial charge in [-0.15, -0.1) is 17.9 Å². The Morgan fingerprint density at radius 3 is 2.36 bits per heavy atom. The Morgan fingerprint density at radius 2 is 1.73 bits per heavy atom. The molecule has 0 spiro atoms. The number of fused-ring (bicyclic) bond motifs is 1. The maximum atomic E-state index is 14.7. The van der Waals surface area contributed by atoms with E-state index in [4.69, 9.17) is 19.4 Å². The van der Waals surface area contributed by atoms with Gasteiger partial charge in [0.05, 0.1) is 22.8 Å². The van der Waals surface area contributed by atoms with Gasteiger partial charge in [0, 0.05) is 17.2 Å². The number of likely N-dealkylation sites (tertiary alicyclic amines) is 1. The molecule has 14 nitrogen and oxygen atoms in total. The number of nitrogens with one attached hydrogen (secondary N) is 3. The molecular weight excluding hydrogens is 757 g/mol. The van der Waals surface area contributed by atoms with Gasteiger partial charge in [0.1, 0.15) is 35.5 Å². The van der Waals surface area contributed by atoms with Crippen LogP contribution in [0.1, 0.15) is 82.7 Å². The van der Waals surface area contributed by atoms with Crippen molar-refractivity contribution in [2.24, 2.45) is 11.3 Å². The first-order chi connectivity index (χ1) is 26.7. The Hall–Kier alpha value is -4.57. The second kappa shape index (κ2) is 15.8. The highest BCUT2D eigenvalue weighted by Crippen LogP contribution is 2.45. The van der Waals surface area contributed by atoms with Crippen LogP contribution < -0.4 is 20.1 Å². The van der Waals surface area contributed by atoms with Crippen LogP contribution in [0, 0.1) is 11.3 Å². The van der Waals surface area contributed by atoms with E-state index in [1.165, 1.54) is 15.9 Å². The molecular formula is C40H50N6O8S2. The molecule has 3 saturated carbocycles. The third-order valence-electron chi connectivity index (χ3n) is 11.1. The van der Waals surface area contributed by atoms with Crippen LogP contribution in [0.15, 0.2) is 54.4 Å². The highest BCUT2D eigenvalue weighted by atomic mass is 32.2. The molecule has 1 aliphatic heterocycles. The number of aryl methyl sites for hydroxylation is 2. The third kappa shape index (κ3) is 8.70. The number of benzene rings is 1. The van der Waals surface area contributed by atoms with Gasteiger partial charge >= 0.3 is 6.09 Å². The fourth-order valence-corrected chi connectivity index (χ4v) is 9.72. The Kier molecular flexibility index (Phi) is 11.2. The number of thiophene rings is 1. The monoisotopic (exact) mass is 806 g/mol. The van der Waals surface area contributed by atoms with Gasteiger partial charge in [0.25, 0.3) is 5.91 Å². The zero-order valence-electron chi connectivity index (χ0n) is 32.0. The van der Waals surface area contributed by atoms with E-state index in [0.717, 1.165) is 25.7 Å². The molecule has 3 aliphatic carbocycles. The molecule has 16 heteroatoms. The van der Waals surface area contributed by atoms with Crippen molar-refractivity contribution in [1.82, 2.24) is 30.2 Å². The molecule has 4 aliphatic rings. The number of carbonyl (C=O) groups is 4. The van der Waals surface area contributed by atoms with Crippen molar-refractivity contribution < 1.29 is 37.1 Å². The SMILES string of the molecule is C=C[C@@H]1CC1(NC(=O)[C@@H]1C[C@@H](Oc2nc3ccccc3nc2CCc2cccs2)CN1C(=O)[C@@H](NC(=O)OC1CCCC1)C(C)(C)C)C(=O)NS(=O)(=O)C1CC1. The molecule has 5 atom stereocenters. The molecule has 2 aromatic heterocycles. The average Bonchev–Trinajstić information content (AvgIpc) is 3.91. The summed E-state index contributed by atoms with van der Waals surface area (Å²) in [5.41, 5.74) is -0.393. The molecule has 0 bridgehead atoms. The van der Waals surface area contributed by atoms with Gasteiger partial charge in [0.2, 0.25) is 27.7 Å². The lowest BCUT2D eigenvalue weighted by molar-refractivity contribution is -0.143. The highest BCUT2D eigenvalue weighted by molar-refractivity contribution is 7.91. The Balaban J connectivity index is 1.17. The minimum Gasteiger partial charge on any atom is -0.471 e. The van der Waals surface area contributed by atoms with Crippen LogP contribution >= 0.6 is 11.3 Å². The van der Waals surface area contributed by atoms with Crippen LogP contribution in [0.5, 0.6) is 5.88 Å². The second-order valence-electron chi connectivity index (χ2n) is 16.5. The van der Waals surface area contributed by atoms with Gasteiger partial charge in [-0.1, -0.05) is 45.0 Å². The number of amides is 4. The van der Waals surface area contributed by atoms with Crippen molar-refractivity contribution in [1.29, 1.82) is 0 Å². The molecule has 7 rings (SSSR count). The summed E-state index contributed by atoms with van der Waals surface area (Å²) >= 11 is 1.64. The van der Waals surface area contributed by atoms with Crippen molar-refractivity contribution in [3.05, 3.63) is 65.0 Å². The third-order valence-corrected chi connectivity index (χ3v) is 13.9. The molecule has 1 unspecified atom stereocenters. The first-order valence-electron chi connectivity index (χ1n) is 19.4. The number of ether oxygens (including phenoxy) is 2. The van der Waals surface area contributed by atoms with Crippen LogP contribution in [-0.4, -0.2) is 88.7 Å². The van der Waals surface area contributed by atoms with Gasteiger partial charge in [-0.3, -0.25) is 19.1 Å². The van der Waals surface area contributed by atoms with Crippen LogP contribution in [0.25, 0.3) is 11.0 Å². The summed E-state index contributed by atoms with van der Waals surface area (Å²) in [7, 11) is -3.90. The number of rotatable bonds is 14. The lowest BCUT2D eigenvalue weighted by atomic mass is 9.85. The minimum absolute atomic E-state index is 0.0245. The number of hydrogen-bond donors (Lipinski definition) is 3. The number of aromatic nitrogens is 2. The van der Waals surface area contributed by atoms with Crippen molar-refractivity contribution in [2.75, 3.05) is 6.54 Å². The second-order valence-corrected chi connectivity index (χ2v) is 19.5. The number of nitrogens with zero attached hydrogens (tertiary/aromatic N) is 3. The zero-order valence-corrected chi connectivity index (χ0v) is 33.6. The molecule has 0 radical (unpaired) electrons. The summed E-state index contributed by atoms with van der Waals surface area (Å²) < 4.78 is 40.0. The smallest absolute Gasteiger partial charge is 0.408 e. The minimum atomic E-state index is -3.90. The molecule has 4 amide bonds. The van der Waals surface area contributed by atoms with E-state index in [0.29, 0.717) is 48.3 Å². The fourth-order valence-electron chi connectivity index (χ4n) is 7.65. The van der Waals surface area contributed by atoms with E-state index in [9.17, 15) is 27.6 Å². The quantitative estimate of drug-likeness (QED) is 0.195. The predicted molar refractivity (Wildman–Crippen MR) is 210 cm³/mol. The first-order valence-corrected chi connectivity index (χ1v) is 21.8. The van der Waals surface area contributed by atoms with E-state index in [-0.39, 0.29) is 25.5 Å². The molecule has 300 valence electrons. The summed E-state index contributed by atoms with van der Waals surface area (Å²) in [6, 6.07) is 9.27. The van der Waals surface area contributed by atoms with E-state index in [1.807, 2.05) is 56.5 Å². The standard InChI is InChI=1S/C40H50N6O8S2/c1-5-24-22-40(24,37(49)45-56(51,52)28-17-18-28)44-34(47)32-21-26(23-46(32)36(48)33(39(2,3)4)43-38(50)54-25-11-6-7-12-25)53-35-31(19-16-27-13-10-20-55-27)41-29-14-8-9-15-30(29)42-35/h5,8-10,13-15,20,24-26,28,32-33H,1,6-7,11-12,16-19,21-23H2,2-4H3,(H,43,50)(H,44,47)(H,45,49)/t24-,26-,32+,33-,40?/m1/s1. The molecule has 4 fully saturated rings. The summed E-state index contributed by atoms with van der Waals surface area (Å²) in [4.78, 5) is 68.1. The highest BCUT2D eigenvalue weighted by Gasteiger charge is 2.62. The summed E-state index contributed by atoms with van der Waals surface area (Å²) in [6.45, 7) is 9.20. The van der Waals surface area contributed by atoms with Crippen molar-refractivity contribution >= 4 is 56.2 Å². The number of carbonyl (C=O) groups excluding carboxylic acids is 4. The predicted octanol–water partition coefficient (Wildman–Crippen LogP) is 4.58. The lowest BCUT2D eigenvalue weighted by Crippen LogP contribution is -2.60. The van der Waals surface area contributed by atoms with Crippen molar-refractivity contribution in [3.8, 4) is 5.88 Å². The van der Waals surface area contributed by atoms with E-state index in [2.05, 4.69) is 28.0 Å². The fraction of sp³-hybridized carbons (Fsp3) is 0.550. The van der Waals surface area contributed by atoms with Crippen LogP contribution in [-0.2, 0) is 42.0 Å². The van der Waals surface area contributed by atoms with Crippen LogP contribution in [0.3, 0.4) is 0 Å². The normalized spacial score (nSPS) is 24.3. The number of para-hydroxylation sites is 2. The zero-order chi connectivity index (χ0) is 39.8. The molecule has 3 heterocycles. The largest absolute Gasteiger partial charge is 0.471 e. The van der Waals surface area contributed by atoms with E-state index < -0.39 is 74.1 Å². The summed E-state index contributed by atoms with van der Waals surface area (Å²) in [5, 5.41) is 6.99. The molecule has 1 saturated heterocycles. The van der Waals surface area contributed by atoms with Crippen LogP contribution in [0.2, 0.25) is 0 Å². The van der Waals surface area contributed by atoms with Crippen LogP contribution in [0.4, 0.5) is 4.79 Å². The molecule has 56 heavy (non-hydrogen) atoms. The number of hydrogen-bond acceptors (Lipinski definition) is 11. The first kappa shape index (κ1) is 39.7.